The molecule has 0 aromatic rings. The SMILES string of the molecule is CC(P(=O)(O)O)P(=O)(O)O.[H-].[H-].[K+].[K+]. The van der Waals surface area contributed by atoms with Crippen molar-refractivity contribution in [1.29, 1.82) is 0 Å². The summed E-state index contributed by atoms with van der Waals surface area (Å²) in [7, 11) is -9.28. The van der Waals surface area contributed by atoms with Gasteiger partial charge in [-0.1, -0.05) is 0 Å². The quantitative estimate of drug-likeness (QED) is 0.293. The molecule has 0 fully saturated rings. The molecule has 10 heteroatoms. The van der Waals surface area contributed by atoms with Crippen molar-refractivity contribution in [3.8, 4) is 0 Å². The van der Waals surface area contributed by atoms with E-state index in [4.69, 9.17) is 19.6 Å². The molecule has 0 rings (SSSR count). The van der Waals surface area contributed by atoms with Crippen LogP contribution >= 0.6 is 15.2 Å². The molecule has 0 aliphatic carbocycles. The van der Waals surface area contributed by atoms with Gasteiger partial charge in [-0.25, -0.2) is 0 Å². The first-order valence-corrected chi connectivity index (χ1v) is 5.62. The second-order valence-corrected chi connectivity index (χ2v) is 6.12. The van der Waals surface area contributed by atoms with Crippen LogP contribution in [-0.4, -0.2) is 25.0 Å². The van der Waals surface area contributed by atoms with E-state index in [0.29, 0.717) is 0 Å². The molecule has 0 heterocycles. The van der Waals surface area contributed by atoms with Gasteiger partial charge in [0, 0.05) is 0 Å². The van der Waals surface area contributed by atoms with Crippen molar-refractivity contribution >= 4 is 15.2 Å². The van der Waals surface area contributed by atoms with Crippen LogP contribution in [0.3, 0.4) is 0 Å². The zero-order valence-corrected chi connectivity index (χ0v) is 15.1. The van der Waals surface area contributed by atoms with E-state index in [1.54, 1.807) is 0 Å². The number of rotatable bonds is 2. The van der Waals surface area contributed by atoms with Gasteiger partial charge in [-0.05, 0) is 6.92 Å². The Labute approximate surface area is 158 Å². The third-order valence-corrected chi connectivity index (χ3v) is 4.73. The van der Waals surface area contributed by atoms with E-state index in [9.17, 15) is 9.13 Å². The van der Waals surface area contributed by atoms with E-state index in [2.05, 4.69) is 0 Å². The van der Waals surface area contributed by atoms with Crippen molar-refractivity contribution in [1.82, 2.24) is 0 Å². The monoisotopic (exact) mass is 270 g/mol. The first-order valence-electron chi connectivity index (χ1n) is 2.26. The Morgan fingerprint density at radius 3 is 1.17 bits per heavy atom. The van der Waals surface area contributed by atoms with Crippen molar-refractivity contribution in [3.05, 3.63) is 0 Å². The van der Waals surface area contributed by atoms with Crippen LogP contribution in [-0.2, 0) is 9.13 Å². The van der Waals surface area contributed by atoms with Crippen molar-refractivity contribution in [2.24, 2.45) is 0 Å². The normalized spacial score (nSPS) is 11.8. The van der Waals surface area contributed by atoms with Crippen LogP contribution in [0.15, 0.2) is 0 Å². The molecule has 0 amide bonds. The molecule has 0 aliphatic rings. The Morgan fingerprint density at radius 2 is 1.17 bits per heavy atom. The molecule has 6 nitrogen and oxygen atoms in total. The van der Waals surface area contributed by atoms with Crippen LogP contribution in [0.2, 0.25) is 0 Å². The Hall–Kier alpha value is 3.57. The average Bonchev–Trinajstić information content (AvgIpc) is 1.59. The van der Waals surface area contributed by atoms with E-state index < -0.39 is 20.6 Å². The molecule has 66 valence electrons. The molecule has 4 N–H and O–H groups in total. The van der Waals surface area contributed by atoms with E-state index in [1.807, 2.05) is 0 Å². The second-order valence-electron chi connectivity index (χ2n) is 1.81. The summed E-state index contributed by atoms with van der Waals surface area (Å²) in [4.78, 5) is 33.0. The molecule has 0 aliphatic heterocycles. The fourth-order valence-electron chi connectivity index (χ4n) is 0.196. The van der Waals surface area contributed by atoms with Crippen LogP contribution < -0.4 is 103 Å². The van der Waals surface area contributed by atoms with E-state index >= 15 is 0 Å². The van der Waals surface area contributed by atoms with E-state index in [1.165, 1.54) is 0 Å². The average molecular weight is 270 g/mol. The van der Waals surface area contributed by atoms with Crippen molar-refractivity contribution in [2.45, 2.75) is 12.3 Å². The summed E-state index contributed by atoms with van der Waals surface area (Å²) < 4.78 is 20.4. The van der Waals surface area contributed by atoms with Gasteiger partial charge in [0.05, 0.1) is 0 Å². The van der Waals surface area contributed by atoms with Gasteiger partial charge in [-0.2, -0.15) is 0 Å². The molecule has 0 bridgehead atoms. The van der Waals surface area contributed by atoms with E-state index in [-0.39, 0.29) is 106 Å². The summed E-state index contributed by atoms with van der Waals surface area (Å²) in [5.74, 6) is 0. The Bertz CT molecular complexity index is 192. The predicted molar refractivity (Wildman–Crippen MR) is 35.8 cm³/mol. The summed E-state index contributed by atoms with van der Waals surface area (Å²) in [6, 6.07) is 0. The van der Waals surface area contributed by atoms with Gasteiger partial charge in [0.25, 0.3) is 0 Å². The smallest absolute Gasteiger partial charge is 1.00 e. The minimum Gasteiger partial charge on any atom is -1.00 e. The molecular weight excluding hydrogens is 260 g/mol. The summed E-state index contributed by atoms with van der Waals surface area (Å²) in [5.41, 5.74) is 0. The first-order chi connectivity index (χ1) is 4.15. The zero-order chi connectivity index (χ0) is 8.58. The maximum Gasteiger partial charge on any atom is 1.00 e. The minimum atomic E-state index is -4.64. The van der Waals surface area contributed by atoms with Crippen molar-refractivity contribution in [2.75, 3.05) is 0 Å². The summed E-state index contributed by atoms with van der Waals surface area (Å²) in [6.07, 6.45) is 0. The van der Waals surface area contributed by atoms with Gasteiger partial charge < -0.3 is 22.4 Å². The van der Waals surface area contributed by atoms with Gasteiger partial charge in [-0.15, -0.1) is 0 Å². The minimum absolute atomic E-state index is 0. The Morgan fingerprint density at radius 1 is 1.00 bits per heavy atom. The molecule has 0 atom stereocenters. The number of hydrogen-bond donors (Lipinski definition) is 4. The van der Waals surface area contributed by atoms with Crippen molar-refractivity contribution in [3.63, 3.8) is 0 Å². The fourth-order valence-corrected chi connectivity index (χ4v) is 1.76. The molecule has 0 saturated carbocycles. The maximum atomic E-state index is 10.2. The van der Waals surface area contributed by atoms with Gasteiger partial charge in [0.1, 0.15) is 0 Å². The van der Waals surface area contributed by atoms with Gasteiger partial charge >= 0.3 is 118 Å². The summed E-state index contributed by atoms with van der Waals surface area (Å²) in [5, 5.41) is -1.90. The van der Waals surface area contributed by atoms with Gasteiger partial charge in [0.2, 0.25) is 0 Å². The van der Waals surface area contributed by atoms with E-state index in [0.717, 1.165) is 6.92 Å². The largest absolute Gasteiger partial charge is 1.00 e. The fraction of sp³-hybridized carbons (Fsp3) is 1.00. The first kappa shape index (κ1) is 20.9. The zero-order valence-electron chi connectivity index (χ0n) is 9.08. The van der Waals surface area contributed by atoms with Crippen molar-refractivity contribution < 1.29 is 134 Å². The third kappa shape index (κ3) is 8.85. The van der Waals surface area contributed by atoms with Crippen LogP contribution in [0.25, 0.3) is 0 Å². The summed E-state index contributed by atoms with van der Waals surface area (Å²) >= 11 is 0. The molecule has 0 saturated heterocycles. The third-order valence-electron chi connectivity index (χ3n) is 0.974. The maximum absolute atomic E-state index is 10.2. The topological polar surface area (TPSA) is 115 Å². The molecule has 0 unspecified atom stereocenters. The Balaban J connectivity index is -0.0000000675. The van der Waals surface area contributed by atoms with Crippen LogP contribution in [0.5, 0.6) is 0 Å². The van der Waals surface area contributed by atoms with Gasteiger partial charge in [-0.3, -0.25) is 9.13 Å². The van der Waals surface area contributed by atoms with Crippen LogP contribution in [0, 0.1) is 0 Å². The molecule has 0 aromatic heterocycles. The Kier molecular flexibility index (Phi) is 13.6. The molecule has 12 heavy (non-hydrogen) atoms. The molecular formula is C2H10K2O6P2. The molecule has 0 aromatic carbocycles. The standard InChI is InChI=1S/C2H8O6P2.2K.2H/c1-2(9(3,4)5)10(6,7)8;;;;/h2H,1H3,(H2,3,4,5)(H2,6,7,8);;;;/q;2*+1;2*-1. The summed E-state index contributed by atoms with van der Waals surface area (Å²) in [6.45, 7) is 0.807. The molecule has 0 spiro atoms. The van der Waals surface area contributed by atoms with Gasteiger partial charge in [0.15, 0.2) is 5.40 Å². The number of hydrogen-bond acceptors (Lipinski definition) is 2. The van der Waals surface area contributed by atoms with Crippen LogP contribution in [0.1, 0.15) is 9.78 Å². The molecule has 0 radical (unpaired) electrons. The predicted octanol–water partition coefficient (Wildman–Crippen LogP) is -6.08. The second kappa shape index (κ2) is 7.78. The van der Waals surface area contributed by atoms with Crippen LogP contribution in [0.4, 0.5) is 0 Å².